The van der Waals surface area contributed by atoms with Crippen molar-refractivity contribution in [1.29, 1.82) is 0 Å². The Morgan fingerprint density at radius 2 is 1.96 bits per heavy atom. The van der Waals surface area contributed by atoms with Gasteiger partial charge in [-0.2, -0.15) is 0 Å². The molecule has 2 atom stereocenters. The fraction of sp³-hybridized carbons (Fsp3) is 0.400. The highest BCUT2D eigenvalue weighted by Crippen LogP contribution is 2.21. The van der Waals surface area contributed by atoms with E-state index >= 15 is 0 Å². The van der Waals surface area contributed by atoms with Crippen molar-refractivity contribution in [3.8, 4) is 0 Å². The minimum atomic E-state index is -0.375. The Labute approximate surface area is 152 Å². The maximum atomic E-state index is 13.0. The fourth-order valence-electron chi connectivity index (χ4n) is 3.24. The molecule has 6 heteroatoms. The lowest BCUT2D eigenvalue weighted by Crippen LogP contribution is -2.45. The summed E-state index contributed by atoms with van der Waals surface area (Å²) in [6, 6.07) is 8.99. The smallest absolute Gasteiger partial charge is 0.253 e. The second-order valence-corrected chi connectivity index (χ2v) is 6.78. The number of hydrogen-bond acceptors (Lipinski definition) is 3. The first-order valence-electron chi connectivity index (χ1n) is 8.85. The van der Waals surface area contributed by atoms with E-state index in [0.29, 0.717) is 24.4 Å². The first-order valence-corrected chi connectivity index (χ1v) is 8.85. The number of piperidine rings is 1. The van der Waals surface area contributed by atoms with Gasteiger partial charge in [-0.05, 0) is 63.1 Å². The molecule has 1 aromatic carbocycles. The Balaban J connectivity index is 1.61. The molecule has 3 rings (SSSR count). The van der Waals surface area contributed by atoms with Crippen LogP contribution in [0.5, 0.6) is 0 Å². The van der Waals surface area contributed by atoms with Gasteiger partial charge in [-0.3, -0.25) is 9.59 Å². The molecule has 1 aliphatic rings. The number of carbonyl (C=O) groups is 2. The summed E-state index contributed by atoms with van der Waals surface area (Å²) in [7, 11) is 0. The third-order valence-corrected chi connectivity index (χ3v) is 4.72. The quantitative estimate of drug-likeness (QED) is 0.910. The third-order valence-electron chi connectivity index (χ3n) is 4.72. The lowest BCUT2D eigenvalue weighted by atomic mass is 9.96. The van der Waals surface area contributed by atoms with E-state index in [0.717, 1.165) is 18.6 Å². The van der Waals surface area contributed by atoms with Crippen molar-refractivity contribution in [3.63, 3.8) is 0 Å². The minimum Gasteiger partial charge on any atom is -0.464 e. The Kier molecular flexibility index (Phi) is 5.40. The molecule has 2 heterocycles. The van der Waals surface area contributed by atoms with Crippen molar-refractivity contribution in [2.75, 3.05) is 13.1 Å². The van der Waals surface area contributed by atoms with Gasteiger partial charge in [0.2, 0.25) is 5.91 Å². The summed E-state index contributed by atoms with van der Waals surface area (Å²) in [6.07, 6.45) is 1.50. The van der Waals surface area contributed by atoms with Gasteiger partial charge in [-0.15, -0.1) is 0 Å². The predicted octanol–water partition coefficient (Wildman–Crippen LogP) is 3.46. The zero-order chi connectivity index (χ0) is 18.7. The number of aryl methyl sites for hydroxylation is 1. The van der Waals surface area contributed by atoms with Crippen LogP contribution in [0.1, 0.15) is 47.7 Å². The van der Waals surface area contributed by atoms with Gasteiger partial charge in [-0.25, -0.2) is 4.39 Å². The molecule has 2 amide bonds. The lowest BCUT2D eigenvalue weighted by molar-refractivity contribution is -0.127. The molecule has 0 aliphatic carbocycles. The summed E-state index contributed by atoms with van der Waals surface area (Å²) in [4.78, 5) is 26.8. The number of benzene rings is 1. The van der Waals surface area contributed by atoms with Crippen molar-refractivity contribution >= 4 is 11.8 Å². The molecule has 1 aliphatic heterocycles. The van der Waals surface area contributed by atoms with Gasteiger partial charge in [0.05, 0.1) is 12.0 Å². The maximum absolute atomic E-state index is 13.0. The summed E-state index contributed by atoms with van der Waals surface area (Å²) in [5.41, 5.74) is 0.437. The molecular formula is C20H23FN2O3. The molecule has 1 aromatic heterocycles. The van der Waals surface area contributed by atoms with E-state index in [1.807, 2.05) is 26.0 Å². The molecule has 1 fully saturated rings. The molecule has 5 nitrogen and oxygen atoms in total. The monoisotopic (exact) mass is 358 g/mol. The van der Waals surface area contributed by atoms with Gasteiger partial charge < -0.3 is 14.6 Å². The molecule has 2 unspecified atom stereocenters. The number of nitrogens with zero attached hydrogens (tertiary/aromatic N) is 1. The van der Waals surface area contributed by atoms with Crippen molar-refractivity contribution in [1.82, 2.24) is 10.2 Å². The Hall–Kier alpha value is -2.63. The van der Waals surface area contributed by atoms with Crippen molar-refractivity contribution in [3.05, 3.63) is 59.3 Å². The number of amides is 2. The van der Waals surface area contributed by atoms with Crippen LogP contribution in [0.25, 0.3) is 0 Å². The average Bonchev–Trinajstić information content (AvgIpc) is 3.08. The molecule has 0 radical (unpaired) electrons. The SMILES string of the molecule is Cc1ccc(C(C)NC(=O)C2CCCN(C(=O)c3ccc(F)cc3)C2)o1. The number of nitrogens with one attached hydrogen (secondary N) is 1. The highest BCUT2D eigenvalue weighted by Gasteiger charge is 2.30. The maximum Gasteiger partial charge on any atom is 0.253 e. The molecular weight excluding hydrogens is 335 g/mol. The van der Waals surface area contributed by atoms with Crippen molar-refractivity contribution in [2.45, 2.75) is 32.7 Å². The van der Waals surface area contributed by atoms with E-state index in [2.05, 4.69) is 5.32 Å². The van der Waals surface area contributed by atoms with E-state index in [9.17, 15) is 14.0 Å². The van der Waals surface area contributed by atoms with Crippen molar-refractivity contribution < 1.29 is 18.4 Å². The molecule has 26 heavy (non-hydrogen) atoms. The van der Waals surface area contributed by atoms with Crippen LogP contribution in [0, 0.1) is 18.7 Å². The second-order valence-electron chi connectivity index (χ2n) is 6.78. The molecule has 0 spiro atoms. The number of likely N-dealkylation sites (tertiary alicyclic amines) is 1. The van der Waals surface area contributed by atoms with E-state index in [1.165, 1.54) is 24.3 Å². The van der Waals surface area contributed by atoms with Crippen LogP contribution in [-0.2, 0) is 4.79 Å². The molecule has 0 bridgehead atoms. The standard InChI is InChI=1S/C20H23FN2O3/c1-13-5-10-18(26-13)14(2)22-19(24)16-4-3-11-23(12-16)20(25)15-6-8-17(21)9-7-15/h5-10,14,16H,3-4,11-12H2,1-2H3,(H,22,24). The number of carbonyl (C=O) groups excluding carboxylic acids is 2. The molecule has 0 saturated carbocycles. The minimum absolute atomic E-state index is 0.0804. The van der Waals surface area contributed by atoms with Crippen LogP contribution in [0.2, 0.25) is 0 Å². The third kappa shape index (κ3) is 4.12. The largest absolute Gasteiger partial charge is 0.464 e. The van der Waals surface area contributed by atoms with E-state index in [-0.39, 0.29) is 29.6 Å². The summed E-state index contributed by atoms with van der Waals surface area (Å²) >= 11 is 0. The topological polar surface area (TPSA) is 62.6 Å². The van der Waals surface area contributed by atoms with Gasteiger partial charge in [0.15, 0.2) is 0 Å². The Morgan fingerprint density at radius 1 is 1.23 bits per heavy atom. The zero-order valence-electron chi connectivity index (χ0n) is 15.0. The first kappa shape index (κ1) is 18.2. The number of hydrogen-bond donors (Lipinski definition) is 1. The van der Waals surface area contributed by atoms with Gasteiger partial charge in [0.1, 0.15) is 17.3 Å². The second kappa shape index (κ2) is 7.72. The molecule has 2 aromatic rings. The fourth-order valence-corrected chi connectivity index (χ4v) is 3.24. The van der Waals surface area contributed by atoms with Gasteiger partial charge in [0, 0.05) is 18.7 Å². The van der Waals surface area contributed by atoms with Crippen LogP contribution in [0.15, 0.2) is 40.8 Å². The summed E-state index contributed by atoms with van der Waals surface area (Å²) in [5, 5.41) is 2.97. The predicted molar refractivity (Wildman–Crippen MR) is 95.0 cm³/mol. The van der Waals surface area contributed by atoms with Crippen molar-refractivity contribution in [2.24, 2.45) is 5.92 Å². The molecule has 138 valence electrons. The van der Waals surface area contributed by atoms with Crippen LogP contribution in [0.3, 0.4) is 0 Å². The van der Waals surface area contributed by atoms with Gasteiger partial charge in [-0.1, -0.05) is 0 Å². The van der Waals surface area contributed by atoms with Gasteiger partial charge in [0.25, 0.3) is 5.91 Å². The van der Waals surface area contributed by atoms with Crippen LogP contribution < -0.4 is 5.32 Å². The van der Waals surface area contributed by atoms with Crippen LogP contribution >= 0.6 is 0 Å². The average molecular weight is 358 g/mol. The number of rotatable bonds is 4. The first-order chi connectivity index (χ1) is 12.4. The van der Waals surface area contributed by atoms with E-state index in [1.54, 1.807) is 4.90 Å². The van der Waals surface area contributed by atoms with Crippen LogP contribution in [-0.4, -0.2) is 29.8 Å². The highest BCUT2D eigenvalue weighted by molar-refractivity contribution is 5.94. The summed E-state index contributed by atoms with van der Waals surface area (Å²) in [6.45, 7) is 4.71. The Bertz CT molecular complexity index is 785. The summed E-state index contributed by atoms with van der Waals surface area (Å²) in [5.74, 6) is 0.632. The summed E-state index contributed by atoms with van der Waals surface area (Å²) < 4.78 is 18.6. The van der Waals surface area contributed by atoms with E-state index in [4.69, 9.17) is 4.42 Å². The van der Waals surface area contributed by atoms with Crippen LogP contribution in [0.4, 0.5) is 4.39 Å². The number of halogens is 1. The van der Waals surface area contributed by atoms with E-state index < -0.39 is 0 Å². The normalized spacial score (nSPS) is 18.4. The zero-order valence-corrected chi connectivity index (χ0v) is 15.0. The Morgan fingerprint density at radius 3 is 2.62 bits per heavy atom. The molecule has 1 saturated heterocycles. The van der Waals surface area contributed by atoms with Gasteiger partial charge >= 0.3 is 0 Å². The number of furan rings is 1. The lowest BCUT2D eigenvalue weighted by Gasteiger charge is -2.32. The molecule has 1 N–H and O–H groups in total. The highest BCUT2D eigenvalue weighted by atomic mass is 19.1.